The number of hydrogen-bond acceptors (Lipinski definition) is 4. The van der Waals surface area contributed by atoms with Crippen molar-refractivity contribution in [3.05, 3.63) is 35.4 Å². The third kappa shape index (κ3) is 4.86. The van der Waals surface area contributed by atoms with Gasteiger partial charge in [-0.3, -0.25) is 19.5 Å². The second kappa shape index (κ2) is 9.50. The number of aliphatic imine (C=N–C) groups is 1. The van der Waals surface area contributed by atoms with E-state index in [-0.39, 0.29) is 11.8 Å². The van der Waals surface area contributed by atoms with E-state index in [9.17, 15) is 9.59 Å². The maximum atomic E-state index is 12.4. The fourth-order valence-electron chi connectivity index (χ4n) is 3.56. The molecule has 0 aliphatic carbocycles. The molecule has 2 heterocycles. The molecule has 0 unspecified atom stereocenters. The van der Waals surface area contributed by atoms with Crippen molar-refractivity contribution in [1.82, 2.24) is 20.4 Å². The molecule has 2 amide bonds. The van der Waals surface area contributed by atoms with Gasteiger partial charge in [-0.2, -0.15) is 0 Å². The quantitative estimate of drug-likeness (QED) is 0.430. The van der Waals surface area contributed by atoms with Crippen LogP contribution in [0.5, 0.6) is 0 Å². The van der Waals surface area contributed by atoms with Crippen LogP contribution in [0, 0.1) is 0 Å². The number of nitrogens with zero attached hydrogens (tertiary/aromatic N) is 3. The Morgan fingerprint density at radius 1 is 1.00 bits per heavy atom. The molecule has 1 fully saturated rings. The zero-order valence-corrected chi connectivity index (χ0v) is 16.0. The fourth-order valence-corrected chi connectivity index (χ4v) is 3.56. The summed E-state index contributed by atoms with van der Waals surface area (Å²) >= 11 is 0. The molecule has 7 nitrogen and oxygen atoms in total. The maximum Gasteiger partial charge on any atom is 0.261 e. The first-order chi connectivity index (χ1) is 13.2. The van der Waals surface area contributed by atoms with Gasteiger partial charge in [-0.15, -0.1) is 0 Å². The first kappa shape index (κ1) is 19.4. The topological polar surface area (TPSA) is 77.0 Å². The molecule has 2 aliphatic heterocycles. The second-order valence-corrected chi connectivity index (χ2v) is 6.90. The van der Waals surface area contributed by atoms with Gasteiger partial charge >= 0.3 is 0 Å². The van der Waals surface area contributed by atoms with E-state index in [1.807, 2.05) is 6.92 Å². The highest BCUT2D eigenvalue weighted by Gasteiger charge is 2.34. The van der Waals surface area contributed by atoms with E-state index >= 15 is 0 Å². The molecule has 0 bridgehead atoms. The molecule has 1 aromatic rings. The number of likely N-dealkylation sites (tertiary alicyclic amines) is 1. The minimum atomic E-state index is -0.218. The number of carbonyl (C=O) groups excluding carboxylic acids is 2. The van der Waals surface area contributed by atoms with Gasteiger partial charge in [0.1, 0.15) is 0 Å². The number of benzene rings is 1. The van der Waals surface area contributed by atoms with E-state index in [1.165, 1.54) is 37.3 Å². The maximum absolute atomic E-state index is 12.4. The highest BCUT2D eigenvalue weighted by Crippen LogP contribution is 2.21. The van der Waals surface area contributed by atoms with Crippen molar-refractivity contribution in [2.24, 2.45) is 4.99 Å². The third-order valence-corrected chi connectivity index (χ3v) is 4.99. The van der Waals surface area contributed by atoms with Crippen molar-refractivity contribution >= 4 is 17.8 Å². The third-order valence-electron chi connectivity index (χ3n) is 4.99. The normalized spacial score (nSPS) is 18.0. The molecule has 0 saturated carbocycles. The Morgan fingerprint density at radius 3 is 2.30 bits per heavy atom. The van der Waals surface area contributed by atoms with Crippen LogP contribution in [0.3, 0.4) is 0 Å². The average Bonchev–Trinajstić information content (AvgIpc) is 2.94. The van der Waals surface area contributed by atoms with Crippen molar-refractivity contribution in [2.75, 3.05) is 45.8 Å². The van der Waals surface area contributed by atoms with E-state index in [4.69, 9.17) is 0 Å². The fraction of sp³-hybridized carbons (Fsp3) is 0.550. The molecule has 0 atom stereocenters. The number of guanidine groups is 1. The van der Waals surface area contributed by atoms with E-state index in [0.29, 0.717) is 24.2 Å². The molecular formula is C20H29N5O2. The van der Waals surface area contributed by atoms with E-state index in [0.717, 1.165) is 25.6 Å². The minimum Gasteiger partial charge on any atom is -0.357 e. The molecule has 1 aromatic carbocycles. The SMILES string of the molecule is CCNC(=NCCN1CCCCC1)NCCN1C(=O)c2ccccc2C1=O. The van der Waals surface area contributed by atoms with Crippen molar-refractivity contribution in [3.63, 3.8) is 0 Å². The molecule has 3 rings (SSSR count). The molecule has 0 aromatic heterocycles. The van der Waals surface area contributed by atoms with Crippen LogP contribution in [0.4, 0.5) is 0 Å². The van der Waals surface area contributed by atoms with Crippen LogP contribution in [0.25, 0.3) is 0 Å². The van der Waals surface area contributed by atoms with Crippen molar-refractivity contribution in [2.45, 2.75) is 26.2 Å². The first-order valence-electron chi connectivity index (χ1n) is 9.90. The first-order valence-corrected chi connectivity index (χ1v) is 9.90. The lowest BCUT2D eigenvalue weighted by atomic mass is 10.1. The summed E-state index contributed by atoms with van der Waals surface area (Å²) in [6, 6.07) is 6.97. The Balaban J connectivity index is 1.47. The predicted molar refractivity (Wildman–Crippen MR) is 106 cm³/mol. The summed E-state index contributed by atoms with van der Waals surface area (Å²) in [6.45, 7) is 7.62. The second-order valence-electron chi connectivity index (χ2n) is 6.90. The molecule has 2 aliphatic rings. The Labute approximate surface area is 160 Å². The van der Waals surface area contributed by atoms with Gasteiger partial charge in [-0.05, 0) is 45.0 Å². The molecule has 146 valence electrons. The molecule has 7 heteroatoms. The number of piperidine rings is 1. The van der Waals surface area contributed by atoms with Gasteiger partial charge in [0.05, 0.1) is 17.7 Å². The van der Waals surface area contributed by atoms with Crippen LogP contribution in [0.1, 0.15) is 46.9 Å². The zero-order chi connectivity index (χ0) is 19.1. The summed E-state index contributed by atoms with van der Waals surface area (Å²) in [5.74, 6) is 0.292. The van der Waals surface area contributed by atoms with Gasteiger partial charge in [0.25, 0.3) is 11.8 Å². The van der Waals surface area contributed by atoms with Crippen LogP contribution in [-0.2, 0) is 0 Å². The Kier molecular flexibility index (Phi) is 6.81. The average molecular weight is 371 g/mol. The largest absolute Gasteiger partial charge is 0.357 e. The number of fused-ring (bicyclic) bond motifs is 1. The Bertz CT molecular complexity index is 662. The van der Waals surface area contributed by atoms with Crippen molar-refractivity contribution < 1.29 is 9.59 Å². The van der Waals surface area contributed by atoms with E-state index < -0.39 is 0 Å². The van der Waals surface area contributed by atoms with E-state index in [2.05, 4.69) is 20.5 Å². The summed E-state index contributed by atoms with van der Waals surface area (Å²) < 4.78 is 0. The van der Waals surface area contributed by atoms with Crippen molar-refractivity contribution in [1.29, 1.82) is 0 Å². The lowest BCUT2D eigenvalue weighted by Gasteiger charge is -2.25. The Hall–Kier alpha value is -2.41. The number of nitrogens with one attached hydrogen (secondary N) is 2. The van der Waals surface area contributed by atoms with Crippen molar-refractivity contribution in [3.8, 4) is 0 Å². The minimum absolute atomic E-state index is 0.218. The van der Waals surface area contributed by atoms with Crippen LogP contribution >= 0.6 is 0 Å². The molecule has 1 saturated heterocycles. The molecule has 0 spiro atoms. The summed E-state index contributed by atoms with van der Waals surface area (Å²) in [4.78, 5) is 33.1. The number of amides is 2. The predicted octanol–water partition coefficient (Wildman–Crippen LogP) is 1.32. The number of imide groups is 1. The van der Waals surface area contributed by atoms with Crippen LogP contribution in [0.2, 0.25) is 0 Å². The van der Waals surface area contributed by atoms with Crippen LogP contribution in [0.15, 0.2) is 29.3 Å². The van der Waals surface area contributed by atoms with Gasteiger partial charge in [-0.1, -0.05) is 18.6 Å². The molecule has 0 radical (unpaired) electrons. The summed E-state index contributed by atoms with van der Waals surface area (Å²) in [6.07, 6.45) is 3.90. The highest BCUT2D eigenvalue weighted by molar-refractivity contribution is 6.21. The van der Waals surface area contributed by atoms with Gasteiger partial charge < -0.3 is 15.5 Å². The zero-order valence-electron chi connectivity index (χ0n) is 16.0. The highest BCUT2D eigenvalue weighted by atomic mass is 16.2. The molecule has 27 heavy (non-hydrogen) atoms. The number of carbonyl (C=O) groups is 2. The van der Waals surface area contributed by atoms with Gasteiger partial charge in [0, 0.05) is 26.2 Å². The lowest BCUT2D eigenvalue weighted by molar-refractivity contribution is 0.0657. The monoisotopic (exact) mass is 371 g/mol. The summed E-state index contributed by atoms with van der Waals surface area (Å²) in [7, 11) is 0. The molecule has 2 N–H and O–H groups in total. The number of rotatable bonds is 7. The summed E-state index contributed by atoms with van der Waals surface area (Å²) in [5.41, 5.74) is 0.981. The van der Waals surface area contributed by atoms with Crippen LogP contribution in [-0.4, -0.2) is 73.4 Å². The summed E-state index contributed by atoms with van der Waals surface area (Å²) in [5, 5.41) is 6.44. The van der Waals surface area contributed by atoms with E-state index in [1.54, 1.807) is 24.3 Å². The standard InChI is InChI=1S/C20H29N5O2/c1-2-21-20(22-10-14-24-12-6-3-7-13-24)23-11-15-25-18(26)16-8-4-5-9-17(16)19(25)27/h4-5,8-9H,2-3,6-7,10-15H2,1H3,(H2,21,22,23). The lowest BCUT2D eigenvalue weighted by Crippen LogP contribution is -2.43. The van der Waals surface area contributed by atoms with Crippen LogP contribution < -0.4 is 10.6 Å². The number of hydrogen-bond donors (Lipinski definition) is 2. The van der Waals surface area contributed by atoms with Gasteiger partial charge in [-0.25, -0.2) is 0 Å². The Morgan fingerprint density at radius 2 is 1.67 bits per heavy atom. The van der Waals surface area contributed by atoms with Gasteiger partial charge in [0.15, 0.2) is 5.96 Å². The smallest absolute Gasteiger partial charge is 0.261 e. The molecular weight excluding hydrogens is 342 g/mol. The van der Waals surface area contributed by atoms with Gasteiger partial charge in [0.2, 0.25) is 0 Å².